The predicted octanol–water partition coefficient (Wildman–Crippen LogP) is 3.86. The lowest BCUT2D eigenvalue weighted by atomic mass is 10.2. The first-order valence-corrected chi connectivity index (χ1v) is 7.54. The second kappa shape index (κ2) is 8.29. The van der Waals surface area contributed by atoms with Crippen LogP contribution in [-0.2, 0) is 0 Å². The van der Waals surface area contributed by atoms with E-state index in [0.717, 1.165) is 11.3 Å². The van der Waals surface area contributed by atoms with E-state index in [0.29, 0.717) is 29.6 Å². The van der Waals surface area contributed by atoms with Crippen LogP contribution in [0.1, 0.15) is 5.56 Å². The zero-order valence-electron chi connectivity index (χ0n) is 13.1. The van der Waals surface area contributed by atoms with E-state index in [2.05, 4.69) is 10.6 Å². The fourth-order valence-corrected chi connectivity index (χ4v) is 2.20. The molecule has 0 spiro atoms. The summed E-state index contributed by atoms with van der Waals surface area (Å²) < 4.78 is 10.7. The van der Waals surface area contributed by atoms with Crippen molar-refractivity contribution in [3.8, 4) is 11.5 Å². The molecule has 0 saturated carbocycles. The number of hydrogen-bond acceptors (Lipinski definition) is 3. The molecule has 0 radical (unpaired) electrons. The van der Waals surface area contributed by atoms with Gasteiger partial charge in [0.15, 0.2) is 0 Å². The standard InChI is InChI=1S/C17H19ClN2O3/c1-12-10-13(18)6-7-16(12)23-9-8-19-17(21)20-14-4-3-5-15(11-14)22-2/h3-7,10-11H,8-9H2,1-2H3,(H2,19,20,21). The van der Waals surface area contributed by atoms with E-state index in [9.17, 15) is 4.79 Å². The Labute approximate surface area is 140 Å². The maximum atomic E-state index is 11.8. The fourth-order valence-electron chi connectivity index (χ4n) is 1.98. The van der Waals surface area contributed by atoms with Crippen molar-refractivity contribution >= 4 is 23.3 Å². The number of carbonyl (C=O) groups is 1. The number of aryl methyl sites for hydroxylation is 1. The van der Waals surface area contributed by atoms with Crippen molar-refractivity contribution in [2.45, 2.75) is 6.92 Å². The first-order chi connectivity index (χ1) is 11.1. The summed E-state index contributed by atoms with van der Waals surface area (Å²) in [6.45, 7) is 2.68. The van der Waals surface area contributed by atoms with Crippen LogP contribution in [0.15, 0.2) is 42.5 Å². The third-order valence-electron chi connectivity index (χ3n) is 3.11. The van der Waals surface area contributed by atoms with Crippen LogP contribution in [0, 0.1) is 6.92 Å². The highest BCUT2D eigenvalue weighted by molar-refractivity contribution is 6.30. The van der Waals surface area contributed by atoms with Gasteiger partial charge in [0.2, 0.25) is 0 Å². The van der Waals surface area contributed by atoms with Gasteiger partial charge in [-0.15, -0.1) is 0 Å². The topological polar surface area (TPSA) is 59.6 Å². The van der Waals surface area contributed by atoms with Crippen LogP contribution >= 0.6 is 11.6 Å². The molecular weight excluding hydrogens is 316 g/mol. The maximum absolute atomic E-state index is 11.8. The van der Waals surface area contributed by atoms with Gasteiger partial charge in [-0.05, 0) is 42.8 Å². The van der Waals surface area contributed by atoms with Crippen LogP contribution in [-0.4, -0.2) is 26.3 Å². The van der Waals surface area contributed by atoms with E-state index in [4.69, 9.17) is 21.1 Å². The maximum Gasteiger partial charge on any atom is 0.319 e. The highest BCUT2D eigenvalue weighted by Gasteiger charge is 2.03. The Kier molecular flexibility index (Phi) is 6.11. The van der Waals surface area contributed by atoms with E-state index >= 15 is 0 Å². The monoisotopic (exact) mass is 334 g/mol. The minimum Gasteiger partial charge on any atom is -0.497 e. The molecule has 0 bridgehead atoms. The zero-order chi connectivity index (χ0) is 16.7. The number of hydrogen-bond donors (Lipinski definition) is 2. The van der Waals surface area contributed by atoms with E-state index in [1.165, 1.54) is 0 Å². The molecule has 0 unspecified atom stereocenters. The van der Waals surface area contributed by atoms with Crippen LogP contribution in [0.25, 0.3) is 0 Å². The van der Waals surface area contributed by atoms with Crippen LogP contribution < -0.4 is 20.1 Å². The van der Waals surface area contributed by atoms with Crippen molar-refractivity contribution in [3.63, 3.8) is 0 Å². The molecule has 0 aromatic heterocycles. The molecule has 0 atom stereocenters. The average Bonchev–Trinajstić information content (AvgIpc) is 2.53. The Balaban J connectivity index is 1.74. The summed E-state index contributed by atoms with van der Waals surface area (Å²) in [7, 11) is 1.58. The lowest BCUT2D eigenvalue weighted by Crippen LogP contribution is -2.32. The van der Waals surface area contributed by atoms with Crippen molar-refractivity contribution in [2.75, 3.05) is 25.6 Å². The first kappa shape index (κ1) is 17.0. The number of urea groups is 1. The molecular formula is C17H19ClN2O3. The third-order valence-corrected chi connectivity index (χ3v) is 3.34. The predicted molar refractivity (Wildman–Crippen MR) is 91.7 cm³/mol. The molecule has 2 amide bonds. The van der Waals surface area contributed by atoms with E-state index in [-0.39, 0.29) is 6.03 Å². The number of amides is 2. The van der Waals surface area contributed by atoms with Gasteiger partial charge in [-0.1, -0.05) is 17.7 Å². The van der Waals surface area contributed by atoms with Gasteiger partial charge in [-0.2, -0.15) is 0 Å². The van der Waals surface area contributed by atoms with Gasteiger partial charge >= 0.3 is 6.03 Å². The smallest absolute Gasteiger partial charge is 0.319 e. The van der Waals surface area contributed by atoms with Crippen LogP contribution in [0.3, 0.4) is 0 Å². The van der Waals surface area contributed by atoms with E-state index in [1.807, 2.05) is 25.1 Å². The fraction of sp³-hybridized carbons (Fsp3) is 0.235. The number of carbonyl (C=O) groups excluding carboxylic acids is 1. The molecule has 2 N–H and O–H groups in total. The second-order valence-electron chi connectivity index (χ2n) is 4.87. The molecule has 0 aliphatic carbocycles. The van der Waals surface area contributed by atoms with Crippen molar-refractivity contribution in [3.05, 3.63) is 53.1 Å². The number of nitrogens with one attached hydrogen (secondary N) is 2. The van der Waals surface area contributed by atoms with Gasteiger partial charge in [-0.3, -0.25) is 0 Å². The number of anilines is 1. The zero-order valence-corrected chi connectivity index (χ0v) is 13.8. The second-order valence-corrected chi connectivity index (χ2v) is 5.31. The molecule has 23 heavy (non-hydrogen) atoms. The molecule has 2 aromatic rings. The summed E-state index contributed by atoms with van der Waals surface area (Å²) in [4.78, 5) is 11.8. The SMILES string of the molecule is COc1cccc(NC(=O)NCCOc2ccc(Cl)cc2C)c1. The minimum atomic E-state index is -0.297. The normalized spacial score (nSPS) is 10.0. The average molecular weight is 335 g/mol. The Hall–Kier alpha value is -2.40. The van der Waals surface area contributed by atoms with Crippen LogP contribution in [0.2, 0.25) is 5.02 Å². The Morgan fingerprint density at radius 2 is 2.04 bits per heavy atom. The highest BCUT2D eigenvalue weighted by atomic mass is 35.5. The number of halogens is 1. The van der Waals surface area contributed by atoms with Crippen molar-refractivity contribution in [1.29, 1.82) is 0 Å². The third kappa shape index (κ3) is 5.38. The largest absolute Gasteiger partial charge is 0.497 e. The Morgan fingerprint density at radius 1 is 1.22 bits per heavy atom. The van der Waals surface area contributed by atoms with Crippen LogP contribution in [0.5, 0.6) is 11.5 Å². The molecule has 0 saturated heterocycles. The van der Waals surface area contributed by atoms with Gasteiger partial charge in [0.05, 0.1) is 13.7 Å². The lowest BCUT2D eigenvalue weighted by molar-refractivity contribution is 0.247. The summed E-state index contributed by atoms with van der Waals surface area (Å²) in [5.74, 6) is 1.44. The molecule has 0 aliphatic heterocycles. The van der Waals surface area contributed by atoms with Gasteiger partial charge in [0.1, 0.15) is 18.1 Å². The quantitative estimate of drug-likeness (QED) is 0.789. The van der Waals surface area contributed by atoms with Crippen molar-refractivity contribution in [1.82, 2.24) is 5.32 Å². The van der Waals surface area contributed by atoms with Crippen molar-refractivity contribution in [2.24, 2.45) is 0 Å². The molecule has 6 heteroatoms. The molecule has 0 heterocycles. The summed E-state index contributed by atoms with van der Waals surface area (Å²) in [5, 5.41) is 6.13. The summed E-state index contributed by atoms with van der Waals surface area (Å²) in [5.41, 5.74) is 1.62. The number of ether oxygens (including phenoxy) is 2. The van der Waals surface area contributed by atoms with Gasteiger partial charge in [0.25, 0.3) is 0 Å². The summed E-state index contributed by atoms with van der Waals surface area (Å²) in [6.07, 6.45) is 0. The molecule has 2 aromatic carbocycles. The molecule has 0 fully saturated rings. The number of rotatable bonds is 6. The molecule has 122 valence electrons. The Morgan fingerprint density at radius 3 is 2.78 bits per heavy atom. The minimum absolute atomic E-state index is 0.297. The Bertz CT molecular complexity index is 677. The summed E-state index contributed by atoms with van der Waals surface area (Å²) >= 11 is 5.89. The molecule has 5 nitrogen and oxygen atoms in total. The van der Waals surface area contributed by atoms with E-state index in [1.54, 1.807) is 31.4 Å². The highest BCUT2D eigenvalue weighted by Crippen LogP contribution is 2.21. The van der Waals surface area contributed by atoms with Gasteiger partial charge in [-0.25, -0.2) is 4.79 Å². The molecule has 0 aliphatic rings. The first-order valence-electron chi connectivity index (χ1n) is 7.16. The number of benzene rings is 2. The lowest BCUT2D eigenvalue weighted by Gasteiger charge is -2.11. The molecule has 2 rings (SSSR count). The van der Waals surface area contributed by atoms with Gasteiger partial charge < -0.3 is 20.1 Å². The van der Waals surface area contributed by atoms with Crippen LogP contribution in [0.4, 0.5) is 10.5 Å². The van der Waals surface area contributed by atoms with Crippen molar-refractivity contribution < 1.29 is 14.3 Å². The summed E-state index contributed by atoms with van der Waals surface area (Å²) in [6, 6.07) is 12.3. The number of methoxy groups -OCH3 is 1. The van der Waals surface area contributed by atoms with Gasteiger partial charge in [0, 0.05) is 16.8 Å². The van der Waals surface area contributed by atoms with E-state index < -0.39 is 0 Å².